The minimum Gasteiger partial charge on any atom is -0.369 e. The molecule has 0 saturated heterocycles. The van der Waals surface area contributed by atoms with Crippen LogP contribution in [0.3, 0.4) is 0 Å². The number of nitrogens with zero attached hydrogens (tertiary/aromatic N) is 3. The van der Waals surface area contributed by atoms with Crippen LogP contribution in [0.1, 0.15) is 29.3 Å². The number of hydrogen-bond acceptors (Lipinski definition) is 5. The zero-order chi connectivity index (χ0) is 23.2. The summed E-state index contributed by atoms with van der Waals surface area (Å²) in [5.41, 5.74) is 2.72. The van der Waals surface area contributed by atoms with Gasteiger partial charge in [-0.25, -0.2) is 26.5 Å². The fraction of sp³-hybridized carbons (Fsp3) is 0.263. The Morgan fingerprint density at radius 1 is 1.26 bits per heavy atom. The van der Waals surface area contributed by atoms with Crippen LogP contribution >= 0.6 is 0 Å². The maximum atomic E-state index is 14.5. The van der Waals surface area contributed by atoms with Gasteiger partial charge in [-0.05, 0) is 42.8 Å². The summed E-state index contributed by atoms with van der Waals surface area (Å²) in [5, 5.41) is 0. The van der Waals surface area contributed by atoms with Crippen LogP contribution in [0.25, 0.3) is 11.9 Å². The van der Waals surface area contributed by atoms with E-state index in [1.54, 1.807) is 0 Å². The molecule has 3 rings (SSSR count). The number of sulfonamides is 1. The molecule has 0 spiro atoms. The third-order valence-electron chi connectivity index (χ3n) is 4.76. The van der Waals surface area contributed by atoms with Crippen LogP contribution in [0.4, 0.5) is 22.0 Å². The normalized spacial score (nSPS) is 21.7. The average Bonchev–Trinajstić information content (AvgIpc) is 2.66. The third kappa shape index (κ3) is 4.53. The summed E-state index contributed by atoms with van der Waals surface area (Å²) < 4.78 is 92.4. The van der Waals surface area contributed by atoms with Crippen LogP contribution in [0.15, 0.2) is 41.5 Å². The van der Waals surface area contributed by atoms with Gasteiger partial charge >= 0.3 is 6.18 Å². The minimum atomic E-state index is -4.61. The van der Waals surface area contributed by atoms with Gasteiger partial charge < -0.3 is 5.73 Å². The molecule has 1 aliphatic rings. The van der Waals surface area contributed by atoms with E-state index < -0.39 is 44.7 Å². The first-order valence-electron chi connectivity index (χ1n) is 8.76. The van der Waals surface area contributed by atoms with Crippen LogP contribution in [0.2, 0.25) is 0 Å². The number of aromatic nitrogens is 1. The lowest BCUT2D eigenvalue weighted by Crippen LogP contribution is -2.50. The molecule has 2 heterocycles. The van der Waals surface area contributed by atoms with Crippen molar-refractivity contribution < 1.29 is 30.4 Å². The van der Waals surface area contributed by atoms with Gasteiger partial charge in [0, 0.05) is 18.8 Å². The molecule has 0 amide bonds. The predicted molar refractivity (Wildman–Crippen MR) is 105 cm³/mol. The summed E-state index contributed by atoms with van der Waals surface area (Å²) >= 11 is 0. The van der Waals surface area contributed by atoms with Gasteiger partial charge in [-0.3, -0.25) is 4.98 Å². The van der Waals surface area contributed by atoms with Crippen LogP contribution in [0, 0.1) is 5.82 Å². The molecule has 2 aromatic rings. The number of benzene rings is 1. The van der Waals surface area contributed by atoms with Gasteiger partial charge in [0.2, 0.25) is 16.0 Å². The number of pyridine rings is 1. The van der Waals surface area contributed by atoms with Crippen molar-refractivity contribution in [1.82, 2.24) is 9.29 Å². The Morgan fingerprint density at radius 3 is 2.48 bits per heavy atom. The van der Waals surface area contributed by atoms with Crippen LogP contribution in [-0.2, 0) is 21.7 Å². The van der Waals surface area contributed by atoms with E-state index in [1.165, 1.54) is 26.1 Å². The molecule has 0 aliphatic carbocycles. The van der Waals surface area contributed by atoms with Crippen molar-refractivity contribution in [3.63, 3.8) is 0 Å². The highest BCUT2D eigenvalue weighted by atomic mass is 32.2. The SMILES string of the molecule is CN1C(N)=N[C@](C)(c2cc(/C=C(\F)c3ccc(C(F)(F)F)cn3)ccc2F)CS1(=O)=O. The van der Waals surface area contributed by atoms with E-state index in [4.69, 9.17) is 5.73 Å². The number of halogens is 5. The Labute approximate surface area is 175 Å². The molecular weight excluding hydrogens is 443 g/mol. The first-order valence-corrected chi connectivity index (χ1v) is 10.4. The monoisotopic (exact) mass is 460 g/mol. The molecule has 0 radical (unpaired) electrons. The highest BCUT2D eigenvalue weighted by Crippen LogP contribution is 2.35. The summed E-state index contributed by atoms with van der Waals surface area (Å²) in [6.07, 6.45) is -3.16. The Hall–Kier alpha value is -3.02. The summed E-state index contributed by atoms with van der Waals surface area (Å²) in [5.74, 6) is -2.63. The Kier molecular flexibility index (Phi) is 5.55. The fourth-order valence-corrected chi connectivity index (χ4v) is 4.51. The number of nitrogens with two attached hydrogens (primary N) is 1. The first kappa shape index (κ1) is 22.7. The van der Waals surface area contributed by atoms with Crippen molar-refractivity contribution in [2.75, 3.05) is 12.8 Å². The number of aliphatic imine (C=N–C) groups is 1. The largest absolute Gasteiger partial charge is 0.417 e. The molecular formula is C19H17F5N4O2S. The lowest BCUT2D eigenvalue weighted by atomic mass is 9.92. The maximum absolute atomic E-state index is 14.5. The van der Waals surface area contributed by atoms with Crippen molar-refractivity contribution in [1.29, 1.82) is 0 Å². The van der Waals surface area contributed by atoms with E-state index in [1.807, 2.05) is 0 Å². The van der Waals surface area contributed by atoms with Crippen LogP contribution < -0.4 is 5.73 Å². The van der Waals surface area contributed by atoms with Gasteiger partial charge in [0.05, 0.1) is 17.0 Å². The number of alkyl halides is 3. The van der Waals surface area contributed by atoms with Gasteiger partial charge in [0.15, 0.2) is 0 Å². The summed E-state index contributed by atoms with van der Waals surface area (Å²) in [7, 11) is -2.64. The molecule has 166 valence electrons. The Balaban J connectivity index is 2.00. The molecule has 0 fully saturated rings. The van der Waals surface area contributed by atoms with Crippen molar-refractivity contribution in [2.45, 2.75) is 18.6 Å². The number of hydrogen-bond donors (Lipinski definition) is 1. The molecule has 0 unspecified atom stereocenters. The molecule has 31 heavy (non-hydrogen) atoms. The maximum Gasteiger partial charge on any atom is 0.417 e. The molecule has 1 aromatic carbocycles. The molecule has 1 aromatic heterocycles. The fourth-order valence-electron chi connectivity index (χ4n) is 3.06. The van der Waals surface area contributed by atoms with E-state index in [-0.39, 0.29) is 22.8 Å². The van der Waals surface area contributed by atoms with Crippen LogP contribution in [-0.4, -0.2) is 36.5 Å². The van der Waals surface area contributed by atoms with Crippen LogP contribution in [0.5, 0.6) is 0 Å². The van der Waals surface area contributed by atoms with Gasteiger partial charge in [0.1, 0.15) is 17.2 Å². The second-order valence-electron chi connectivity index (χ2n) is 7.13. The molecule has 1 aliphatic heterocycles. The zero-order valence-corrected chi connectivity index (χ0v) is 17.1. The topological polar surface area (TPSA) is 88.7 Å². The quantitative estimate of drug-likeness (QED) is 0.710. The van der Waals surface area contributed by atoms with Crippen molar-refractivity contribution in [3.05, 3.63) is 64.7 Å². The third-order valence-corrected chi connectivity index (χ3v) is 6.71. The zero-order valence-electron chi connectivity index (χ0n) is 16.3. The smallest absolute Gasteiger partial charge is 0.369 e. The van der Waals surface area contributed by atoms with E-state index in [0.717, 1.165) is 22.5 Å². The highest BCUT2D eigenvalue weighted by molar-refractivity contribution is 7.89. The summed E-state index contributed by atoms with van der Waals surface area (Å²) in [4.78, 5) is 7.56. The average molecular weight is 460 g/mol. The molecule has 0 bridgehead atoms. The van der Waals surface area contributed by atoms with Gasteiger partial charge in [-0.2, -0.15) is 13.2 Å². The summed E-state index contributed by atoms with van der Waals surface area (Å²) in [6.45, 7) is 1.38. The first-order chi connectivity index (χ1) is 14.2. The summed E-state index contributed by atoms with van der Waals surface area (Å²) in [6, 6.07) is 5.00. The van der Waals surface area contributed by atoms with E-state index >= 15 is 0 Å². The van der Waals surface area contributed by atoms with Gasteiger partial charge in [0.25, 0.3) is 0 Å². The minimum absolute atomic E-state index is 0.127. The highest BCUT2D eigenvalue weighted by Gasteiger charge is 2.41. The molecule has 0 saturated carbocycles. The lowest BCUT2D eigenvalue weighted by Gasteiger charge is -2.34. The standard InChI is InChI=1S/C19H17F5N4O2S/c1-18(10-31(29,30)28(2)17(25)27-18)13-7-11(3-5-14(13)20)8-15(21)16-6-4-12(9-26-16)19(22,23)24/h3-9H,10H2,1-2H3,(H2,25,27)/b15-8-/t18-/m0/s1. The second kappa shape index (κ2) is 7.59. The molecule has 6 nitrogen and oxygen atoms in total. The van der Waals surface area contributed by atoms with E-state index in [9.17, 15) is 30.4 Å². The van der Waals surface area contributed by atoms with E-state index in [0.29, 0.717) is 12.3 Å². The van der Waals surface area contributed by atoms with Gasteiger partial charge in [-0.15, -0.1) is 0 Å². The van der Waals surface area contributed by atoms with Crippen molar-refractivity contribution >= 4 is 27.9 Å². The Morgan fingerprint density at radius 2 is 1.94 bits per heavy atom. The molecule has 1 atom stereocenters. The van der Waals surface area contributed by atoms with E-state index in [2.05, 4.69) is 9.98 Å². The molecule has 2 N–H and O–H groups in total. The molecule has 12 heteroatoms. The predicted octanol–water partition coefficient (Wildman–Crippen LogP) is 3.51. The van der Waals surface area contributed by atoms with Crippen molar-refractivity contribution in [3.8, 4) is 0 Å². The van der Waals surface area contributed by atoms with Crippen molar-refractivity contribution in [2.24, 2.45) is 10.7 Å². The number of rotatable bonds is 3. The van der Waals surface area contributed by atoms with Gasteiger partial charge in [-0.1, -0.05) is 6.07 Å². The second-order valence-corrected chi connectivity index (χ2v) is 9.13. The Bertz CT molecular complexity index is 1180. The number of guanidine groups is 1. The lowest BCUT2D eigenvalue weighted by molar-refractivity contribution is -0.137.